The molecular weight excluding hydrogens is 344 g/mol. The Morgan fingerprint density at radius 2 is 2.00 bits per heavy atom. The summed E-state index contributed by atoms with van der Waals surface area (Å²) in [5.41, 5.74) is 6.97. The Balaban J connectivity index is 2.29. The molecule has 0 fully saturated rings. The number of aryl methyl sites for hydroxylation is 1. The number of sulfonamides is 1. The van der Waals surface area contributed by atoms with E-state index in [0.717, 1.165) is 5.56 Å². The van der Waals surface area contributed by atoms with Crippen LogP contribution in [-0.4, -0.2) is 19.8 Å². The first kappa shape index (κ1) is 15.1. The van der Waals surface area contributed by atoms with Crippen LogP contribution in [0.4, 0.5) is 5.69 Å². The number of nitrogens with zero attached hydrogens (tertiary/aromatic N) is 1. The molecule has 0 atom stereocenters. The largest absolute Gasteiger partial charge is 0.453 e. The van der Waals surface area contributed by atoms with Gasteiger partial charge in [-0.15, -0.1) is 0 Å². The maximum Gasteiger partial charge on any atom is 0.245 e. The van der Waals surface area contributed by atoms with Crippen molar-refractivity contribution in [1.82, 2.24) is 4.31 Å². The summed E-state index contributed by atoms with van der Waals surface area (Å²) in [4.78, 5) is 0.108. The third-order valence-electron chi connectivity index (χ3n) is 2.86. The lowest BCUT2D eigenvalue weighted by Gasteiger charge is -2.17. The Hall–Kier alpha value is -1.31. The molecule has 1 aromatic heterocycles. The lowest BCUT2D eigenvalue weighted by Crippen LogP contribution is -2.27. The van der Waals surface area contributed by atoms with Gasteiger partial charge < -0.3 is 10.2 Å². The Morgan fingerprint density at radius 1 is 1.30 bits per heavy atom. The van der Waals surface area contributed by atoms with Crippen molar-refractivity contribution in [2.45, 2.75) is 18.4 Å². The molecule has 0 saturated heterocycles. The fourth-order valence-corrected chi connectivity index (χ4v) is 3.38. The van der Waals surface area contributed by atoms with Gasteiger partial charge in [-0.3, -0.25) is 0 Å². The first-order chi connectivity index (χ1) is 9.30. The quantitative estimate of drug-likeness (QED) is 0.852. The smallest absolute Gasteiger partial charge is 0.245 e. The molecule has 0 spiro atoms. The SMILES string of the molecule is Cc1ccc(S(=O)(=O)N(C)Cc2ccc(Br)o2)c(N)c1. The van der Waals surface area contributed by atoms with Gasteiger partial charge in [-0.1, -0.05) is 6.07 Å². The minimum Gasteiger partial charge on any atom is -0.453 e. The molecule has 2 rings (SSSR count). The van der Waals surface area contributed by atoms with E-state index >= 15 is 0 Å². The molecule has 1 heterocycles. The molecule has 0 amide bonds. The van der Waals surface area contributed by atoms with Crippen LogP contribution in [0.25, 0.3) is 0 Å². The molecule has 0 unspecified atom stereocenters. The molecule has 2 N–H and O–H groups in total. The van der Waals surface area contributed by atoms with Gasteiger partial charge in [0.1, 0.15) is 10.7 Å². The molecule has 5 nitrogen and oxygen atoms in total. The minimum atomic E-state index is -3.64. The van der Waals surface area contributed by atoms with Crippen molar-refractivity contribution in [3.05, 3.63) is 46.3 Å². The molecular formula is C13H15BrN2O3S. The topological polar surface area (TPSA) is 76.5 Å². The minimum absolute atomic E-state index is 0.108. The monoisotopic (exact) mass is 358 g/mol. The number of anilines is 1. The summed E-state index contributed by atoms with van der Waals surface area (Å²) in [6.07, 6.45) is 0. The number of hydrogen-bond donors (Lipinski definition) is 1. The van der Waals surface area contributed by atoms with E-state index in [1.54, 1.807) is 24.3 Å². The van der Waals surface area contributed by atoms with Gasteiger partial charge >= 0.3 is 0 Å². The van der Waals surface area contributed by atoms with Crippen LogP contribution in [0.15, 0.2) is 44.3 Å². The second-order valence-corrected chi connectivity index (χ2v) is 7.30. The van der Waals surface area contributed by atoms with Gasteiger partial charge in [-0.05, 0) is 52.7 Å². The lowest BCUT2D eigenvalue weighted by atomic mass is 10.2. The Bertz CT molecular complexity index is 725. The van der Waals surface area contributed by atoms with E-state index in [1.165, 1.54) is 17.4 Å². The van der Waals surface area contributed by atoms with Crippen molar-refractivity contribution >= 4 is 31.6 Å². The summed E-state index contributed by atoms with van der Waals surface area (Å²) in [7, 11) is -2.15. The van der Waals surface area contributed by atoms with Crippen molar-refractivity contribution in [3.63, 3.8) is 0 Å². The van der Waals surface area contributed by atoms with Crippen LogP contribution in [0, 0.1) is 6.92 Å². The van der Waals surface area contributed by atoms with Crippen LogP contribution >= 0.6 is 15.9 Å². The van der Waals surface area contributed by atoms with Crippen LogP contribution in [0.2, 0.25) is 0 Å². The molecule has 0 radical (unpaired) electrons. The van der Waals surface area contributed by atoms with Gasteiger partial charge in [0.15, 0.2) is 4.67 Å². The number of benzene rings is 1. The van der Waals surface area contributed by atoms with Gasteiger partial charge in [0, 0.05) is 7.05 Å². The van der Waals surface area contributed by atoms with Crippen LogP contribution in [0.1, 0.15) is 11.3 Å². The molecule has 0 aliphatic heterocycles. The highest BCUT2D eigenvalue weighted by atomic mass is 79.9. The molecule has 7 heteroatoms. The van der Waals surface area contributed by atoms with Gasteiger partial charge in [0.05, 0.1) is 12.2 Å². The molecule has 108 valence electrons. The average Bonchev–Trinajstić information content (AvgIpc) is 2.74. The highest BCUT2D eigenvalue weighted by molar-refractivity contribution is 9.10. The van der Waals surface area contributed by atoms with Crippen molar-refractivity contribution in [2.24, 2.45) is 0 Å². The van der Waals surface area contributed by atoms with E-state index < -0.39 is 10.0 Å². The molecule has 0 aliphatic rings. The molecule has 2 aromatic rings. The summed E-state index contributed by atoms with van der Waals surface area (Å²) in [5.74, 6) is 0.550. The van der Waals surface area contributed by atoms with Gasteiger partial charge in [-0.25, -0.2) is 8.42 Å². The maximum atomic E-state index is 12.5. The van der Waals surface area contributed by atoms with Gasteiger partial charge in [0.2, 0.25) is 10.0 Å². The number of rotatable bonds is 4. The summed E-state index contributed by atoms with van der Waals surface area (Å²) in [6.45, 7) is 2.00. The summed E-state index contributed by atoms with van der Waals surface area (Å²) < 4.78 is 32.0. The van der Waals surface area contributed by atoms with E-state index in [9.17, 15) is 8.42 Å². The summed E-state index contributed by atoms with van der Waals surface area (Å²) >= 11 is 3.18. The van der Waals surface area contributed by atoms with E-state index in [-0.39, 0.29) is 17.1 Å². The van der Waals surface area contributed by atoms with E-state index in [2.05, 4.69) is 15.9 Å². The first-order valence-electron chi connectivity index (χ1n) is 5.87. The predicted octanol–water partition coefficient (Wildman–Crippen LogP) is 2.75. The van der Waals surface area contributed by atoms with Crippen molar-refractivity contribution < 1.29 is 12.8 Å². The Morgan fingerprint density at radius 3 is 2.55 bits per heavy atom. The fraction of sp³-hybridized carbons (Fsp3) is 0.231. The van der Waals surface area contributed by atoms with E-state index in [4.69, 9.17) is 10.2 Å². The average molecular weight is 359 g/mol. The zero-order chi connectivity index (χ0) is 14.9. The molecule has 0 aliphatic carbocycles. The Kier molecular flexibility index (Phi) is 4.22. The van der Waals surface area contributed by atoms with E-state index in [0.29, 0.717) is 10.4 Å². The number of halogens is 1. The molecule has 0 bridgehead atoms. The number of hydrogen-bond acceptors (Lipinski definition) is 4. The molecule has 1 aromatic carbocycles. The maximum absolute atomic E-state index is 12.5. The van der Waals surface area contributed by atoms with Gasteiger partial charge in [-0.2, -0.15) is 4.31 Å². The zero-order valence-corrected chi connectivity index (χ0v) is 13.5. The lowest BCUT2D eigenvalue weighted by molar-refractivity contribution is 0.399. The Labute approximate surface area is 126 Å². The van der Waals surface area contributed by atoms with Crippen LogP contribution in [0.3, 0.4) is 0 Å². The second kappa shape index (κ2) is 5.59. The zero-order valence-electron chi connectivity index (χ0n) is 11.1. The number of nitrogens with two attached hydrogens (primary N) is 1. The molecule has 20 heavy (non-hydrogen) atoms. The summed E-state index contributed by atoms with van der Waals surface area (Å²) in [6, 6.07) is 8.32. The second-order valence-electron chi connectivity index (χ2n) is 4.51. The number of nitrogen functional groups attached to an aromatic ring is 1. The highest BCUT2D eigenvalue weighted by Crippen LogP contribution is 2.24. The normalized spacial score (nSPS) is 12.0. The standard InChI is InChI=1S/C13H15BrN2O3S/c1-9-3-5-12(11(15)7-9)20(17,18)16(2)8-10-4-6-13(14)19-10/h3-7H,8,15H2,1-2H3. The molecule has 0 saturated carbocycles. The van der Waals surface area contributed by atoms with Crippen LogP contribution in [0.5, 0.6) is 0 Å². The van der Waals surface area contributed by atoms with Crippen molar-refractivity contribution in [1.29, 1.82) is 0 Å². The first-order valence-corrected chi connectivity index (χ1v) is 8.10. The third-order valence-corrected chi connectivity index (χ3v) is 5.16. The summed E-state index contributed by atoms with van der Waals surface area (Å²) in [5, 5.41) is 0. The highest BCUT2D eigenvalue weighted by Gasteiger charge is 2.24. The third kappa shape index (κ3) is 3.05. The van der Waals surface area contributed by atoms with Gasteiger partial charge in [0.25, 0.3) is 0 Å². The number of furan rings is 1. The van der Waals surface area contributed by atoms with E-state index in [1.807, 2.05) is 6.92 Å². The van der Waals surface area contributed by atoms with Crippen LogP contribution in [-0.2, 0) is 16.6 Å². The predicted molar refractivity (Wildman–Crippen MR) is 80.7 cm³/mol. The van der Waals surface area contributed by atoms with Crippen LogP contribution < -0.4 is 5.73 Å². The van der Waals surface area contributed by atoms with Crippen molar-refractivity contribution in [3.8, 4) is 0 Å². The fourth-order valence-electron chi connectivity index (χ4n) is 1.81. The van der Waals surface area contributed by atoms with Crippen molar-refractivity contribution in [2.75, 3.05) is 12.8 Å².